The summed E-state index contributed by atoms with van der Waals surface area (Å²) in [5, 5.41) is 15.0. The molecular weight excluding hydrogens is 332 g/mol. The van der Waals surface area contributed by atoms with Crippen LogP contribution in [0.4, 0.5) is 11.4 Å². The summed E-state index contributed by atoms with van der Waals surface area (Å²) < 4.78 is 5.22. The van der Waals surface area contributed by atoms with Crippen LogP contribution in [-0.2, 0) is 11.3 Å². The number of amides is 1. The normalized spacial score (nSPS) is 10.4. The molecule has 3 aromatic rings. The van der Waals surface area contributed by atoms with E-state index in [2.05, 4.69) is 20.7 Å². The molecule has 26 heavy (non-hydrogen) atoms. The standard InChI is InChI=1S/C18H20N6O2/c1-23(2)14-10-8-13(9-11-14)18-20-22-24(21-18)12-17(25)19-15-6-4-5-7-16(15)26-3/h4-11H,12H2,1-3H3,(H,19,25). The number of ether oxygens (including phenoxy) is 1. The second kappa shape index (κ2) is 7.64. The Balaban J connectivity index is 1.67. The Kier molecular flexibility index (Phi) is 5.12. The Morgan fingerprint density at radius 3 is 2.58 bits per heavy atom. The van der Waals surface area contributed by atoms with Crippen molar-refractivity contribution in [3.63, 3.8) is 0 Å². The molecule has 0 saturated carbocycles. The van der Waals surface area contributed by atoms with Gasteiger partial charge in [-0.05, 0) is 41.6 Å². The van der Waals surface area contributed by atoms with Crippen LogP contribution in [0, 0.1) is 0 Å². The smallest absolute Gasteiger partial charge is 0.248 e. The Bertz CT molecular complexity index is 889. The molecule has 3 rings (SSSR count). The van der Waals surface area contributed by atoms with Crippen LogP contribution in [0.1, 0.15) is 0 Å². The number of nitrogens with one attached hydrogen (secondary N) is 1. The van der Waals surface area contributed by atoms with Gasteiger partial charge in [0.1, 0.15) is 12.3 Å². The van der Waals surface area contributed by atoms with Crippen molar-refractivity contribution in [1.82, 2.24) is 20.2 Å². The van der Waals surface area contributed by atoms with Crippen molar-refractivity contribution < 1.29 is 9.53 Å². The van der Waals surface area contributed by atoms with Gasteiger partial charge in [0, 0.05) is 25.3 Å². The number of anilines is 2. The lowest BCUT2D eigenvalue weighted by molar-refractivity contribution is -0.117. The predicted octanol–water partition coefficient (Wildman–Crippen LogP) is 2.05. The molecule has 8 heteroatoms. The van der Waals surface area contributed by atoms with E-state index in [1.807, 2.05) is 55.4 Å². The van der Waals surface area contributed by atoms with Crippen molar-refractivity contribution in [2.75, 3.05) is 31.4 Å². The molecule has 0 saturated heterocycles. The molecule has 1 N–H and O–H groups in total. The molecule has 0 bridgehead atoms. The molecular formula is C18H20N6O2. The maximum absolute atomic E-state index is 12.2. The molecule has 8 nitrogen and oxygen atoms in total. The van der Waals surface area contributed by atoms with Crippen molar-refractivity contribution in [3.05, 3.63) is 48.5 Å². The number of hydrogen-bond acceptors (Lipinski definition) is 6. The molecule has 0 aliphatic heterocycles. The van der Waals surface area contributed by atoms with E-state index in [9.17, 15) is 4.79 Å². The number of nitrogens with zero attached hydrogens (tertiary/aromatic N) is 5. The van der Waals surface area contributed by atoms with E-state index < -0.39 is 0 Å². The highest BCUT2D eigenvalue weighted by Crippen LogP contribution is 2.23. The van der Waals surface area contributed by atoms with Crippen molar-refractivity contribution in [3.8, 4) is 17.1 Å². The third-order valence-corrected chi connectivity index (χ3v) is 3.76. The van der Waals surface area contributed by atoms with Gasteiger partial charge >= 0.3 is 0 Å². The summed E-state index contributed by atoms with van der Waals surface area (Å²) in [7, 11) is 5.51. The van der Waals surface area contributed by atoms with Gasteiger partial charge in [-0.1, -0.05) is 12.1 Å². The second-order valence-corrected chi connectivity index (χ2v) is 5.83. The highest BCUT2D eigenvalue weighted by atomic mass is 16.5. The Hall–Kier alpha value is -3.42. The van der Waals surface area contributed by atoms with Crippen LogP contribution in [0.3, 0.4) is 0 Å². The first-order valence-corrected chi connectivity index (χ1v) is 8.05. The van der Waals surface area contributed by atoms with Crippen molar-refractivity contribution in [2.24, 2.45) is 0 Å². The van der Waals surface area contributed by atoms with Crippen LogP contribution in [0.2, 0.25) is 0 Å². The first-order valence-electron chi connectivity index (χ1n) is 8.05. The minimum absolute atomic E-state index is 0.0408. The Morgan fingerprint density at radius 2 is 1.88 bits per heavy atom. The molecule has 134 valence electrons. The maximum Gasteiger partial charge on any atom is 0.248 e. The largest absolute Gasteiger partial charge is 0.495 e. The SMILES string of the molecule is COc1ccccc1NC(=O)Cn1nnc(-c2ccc(N(C)C)cc2)n1. The van der Waals surface area contributed by atoms with Crippen LogP contribution in [0.15, 0.2) is 48.5 Å². The molecule has 0 aliphatic carbocycles. The zero-order chi connectivity index (χ0) is 18.5. The zero-order valence-electron chi connectivity index (χ0n) is 14.9. The molecule has 2 aromatic carbocycles. The molecule has 0 unspecified atom stereocenters. The zero-order valence-corrected chi connectivity index (χ0v) is 14.9. The predicted molar refractivity (Wildman–Crippen MR) is 99.2 cm³/mol. The van der Waals surface area contributed by atoms with E-state index in [0.29, 0.717) is 17.3 Å². The van der Waals surface area contributed by atoms with Crippen LogP contribution in [-0.4, -0.2) is 47.3 Å². The lowest BCUT2D eigenvalue weighted by Gasteiger charge is -2.11. The number of rotatable bonds is 6. The lowest BCUT2D eigenvalue weighted by atomic mass is 10.2. The second-order valence-electron chi connectivity index (χ2n) is 5.83. The number of carbonyl (C=O) groups is 1. The summed E-state index contributed by atoms with van der Waals surface area (Å²) in [6, 6.07) is 15.0. The summed E-state index contributed by atoms with van der Waals surface area (Å²) >= 11 is 0. The first-order chi connectivity index (χ1) is 12.6. The van der Waals surface area contributed by atoms with Crippen LogP contribution in [0.25, 0.3) is 11.4 Å². The third kappa shape index (κ3) is 3.97. The van der Waals surface area contributed by atoms with Gasteiger partial charge in [0.05, 0.1) is 12.8 Å². The number of hydrogen-bond donors (Lipinski definition) is 1. The maximum atomic E-state index is 12.2. The van der Waals surface area contributed by atoms with E-state index in [0.717, 1.165) is 11.3 Å². The molecule has 1 aromatic heterocycles. The first kappa shape index (κ1) is 17.4. The van der Waals surface area contributed by atoms with E-state index in [-0.39, 0.29) is 12.5 Å². The number of carbonyl (C=O) groups excluding carboxylic acids is 1. The third-order valence-electron chi connectivity index (χ3n) is 3.76. The topological polar surface area (TPSA) is 85.2 Å². The molecule has 0 fully saturated rings. The highest BCUT2D eigenvalue weighted by Gasteiger charge is 2.11. The summed E-state index contributed by atoms with van der Waals surface area (Å²) in [5.74, 6) is 0.802. The molecule has 1 heterocycles. The average molecular weight is 352 g/mol. The van der Waals surface area contributed by atoms with Crippen LogP contribution in [0.5, 0.6) is 5.75 Å². The molecule has 0 spiro atoms. The number of para-hydroxylation sites is 2. The Morgan fingerprint density at radius 1 is 1.15 bits per heavy atom. The van der Waals surface area contributed by atoms with E-state index >= 15 is 0 Å². The van der Waals surface area contributed by atoms with Gasteiger partial charge in [-0.15, -0.1) is 10.2 Å². The lowest BCUT2D eigenvalue weighted by Crippen LogP contribution is -2.20. The summed E-state index contributed by atoms with van der Waals surface area (Å²) in [6.45, 7) is -0.0408. The fraction of sp³-hybridized carbons (Fsp3) is 0.222. The molecule has 1 amide bonds. The average Bonchev–Trinajstić information content (AvgIpc) is 3.10. The number of tetrazole rings is 1. The fourth-order valence-corrected chi connectivity index (χ4v) is 2.40. The van der Waals surface area contributed by atoms with Gasteiger partial charge in [0.2, 0.25) is 11.7 Å². The molecule has 0 radical (unpaired) electrons. The highest BCUT2D eigenvalue weighted by molar-refractivity contribution is 5.92. The van der Waals surface area contributed by atoms with Gasteiger partial charge in [-0.2, -0.15) is 4.80 Å². The van der Waals surface area contributed by atoms with E-state index in [1.165, 1.54) is 4.80 Å². The van der Waals surface area contributed by atoms with Gasteiger partial charge < -0.3 is 15.0 Å². The molecule has 0 aliphatic rings. The minimum atomic E-state index is -0.263. The van der Waals surface area contributed by atoms with Crippen LogP contribution >= 0.6 is 0 Å². The number of aromatic nitrogens is 4. The van der Waals surface area contributed by atoms with Crippen molar-refractivity contribution >= 4 is 17.3 Å². The van der Waals surface area contributed by atoms with Gasteiger partial charge in [0.25, 0.3) is 0 Å². The van der Waals surface area contributed by atoms with Gasteiger partial charge in [0.15, 0.2) is 0 Å². The van der Waals surface area contributed by atoms with E-state index in [4.69, 9.17) is 4.74 Å². The van der Waals surface area contributed by atoms with E-state index in [1.54, 1.807) is 19.2 Å². The summed E-state index contributed by atoms with van der Waals surface area (Å²) in [4.78, 5) is 15.5. The minimum Gasteiger partial charge on any atom is -0.495 e. The monoisotopic (exact) mass is 352 g/mol. The van der Waals surface area contributed by atoms with Crippen molar-refractivity contribution in [1.29, 1.82) is 0 Å². The number of benzene rings is 2. The van der Waals surface area contributed by atoms with Gasteiger partial charge in [-0.3, -0.25) is 4.79 Å². The van der Waals surface area contributed by atoms with Gasteiger partial charge in [-0.25, -0.2) is 0 Å². The van der Waals surface area contributed by atoms with Crippen LogP contribution < -0.4 is 15.0 Å². The number of methoxy groups -OCH3 is 1. The summed E-state index contributed by atoms with van der Waals surface area (Å²) in [6.07, 6.45) is 0. The molecule has 0 atom stereocenters. The summed E-state index contributed by atoms with van der Waals surface area (Å²) in [5.41, 5.74) is 2.52. The van der Waals surface area contributed by atoms with Crippen molar-refractivity contribution in [2.45, 2.75) is 6.54 Å². The fourth-order valence-electron chi connectivity index (χ4n) is 2.40. The Labute approximate surface area is 151 Å². The quantitative estimate of drug-likeness (QED) is 0.731.